The second-order valence-corrected chi connectivity index (χ2v) is 6.44. The number of aryl methyl sites for hydroxylation is 1. The van der Waals surface area contributed by atoms with E-state index in [1.54, 1.807) is 26.4 Å². The maximum absolute atomic E-state index is 12.5. The molecular weight excluding hydrogens is 421 g/mol. The molecular formula is C24H32FN7O. The van der Waals surface area contributed by atoms with Crippen LogP contribution in [0, 0.1) is 12.7 Å². The lowest BCUT2D eigenvalue weighted by Gasteiger charge is -2.10. The summed E-state index contributed by atoms with van der Waals surface area (Å²) in [5, 5.41) is 6.97. The summed E-state index contributed by atoms with van der Waals surface area (Å²) in [6, 6.07) is 6.02. The summed E-state index contributed by atoms with van der Waals surface area (Å²) in [6.07, 6.45) is 7.40. The van der Waals surface area contributed by atoms with Crippen LogP contribution in [-0.2, 0) is 6.42 Å². The first-order chi connectivity index (χ1) is 15.9. The first-order valence-corrected chi connectivity index (χ1v) is 10.6. The summed E-state index contributed by atoms with van der Waals surface area (Å²) in [7, 11) is 3.53. The Labute approximate surface area is 194 Å². The fourth-order valence-corrected chi connectivity index (χ4v) is 2.70. The van der Waals surface area contributed by atoms with Crippen LogP contribution in [0.25, 0.3) is 11.3 Å². The van der Waals surface area contributed by atoms with Crippen LogP contribution in [0.15, 0.2) is 48.1 Å². The summed E-state index contributed by atoms with van der Waals surface area (Å²) in [6.45, 7) is 7.65. The number of hydrazone groups is 1. The van der Waals surface area contributed by atoms with E-state index in [2.05, 4.69) is 43.8 Å². The Hall–Kier alpha value is -3.88. The summed E-state index contributed by atoms with van der Waals surface area (Å²) in [5.74, 6) is 0.745. The molecule has 0 spiro atoms. The summed E-state index contributed by atoms with van der Waals surface area (Å²) >= 11 is 0. The van der Waals surface area contributed by atoms with E-state index in [0.717, 1.165) is 35.3 Å². The van der Waals surface area contributed by atoms with Gasteiger partial charge in [-0.05, 0) is 30.5 Å². The average Bonchev–Trinajstić information content (AvgIpc) is 2.87. The minimum absolute atomic E-state index is 0.306. The number of aldehydes is 1. The number of nitrogens with one attached hydrogen (secondary N) is 2. The number of pyridine rings is 1. The van der Waals surface area contributed by atoms with Crippen LogP contribution in [0.3, 0.4) is 0 Å². The van der Waals surface area contributed by atoms with Crippen LogP contribution in [0.1, 0.15) is 47.8 Å². The molecule has 1 aromatic carbocycles. The van der Waals surface area contributed by atoms with Gasteiger partial charge in [-0.2, -0.15) is 5.10 Å². The van der Waals surface area contributed by atoms with Gasteiger partial charge in [0.15, 0.2) is 12.1 Å². The Morgan fingerprint density at radius 3 is 2.39 bits per heavy atom. The molecule has 2 heterocycles. The van der Waals surface area contributed by atoms with Crippen molar-refractivity contribution >= 4 is 17.9 Å². The smallest absolute Gasteiger partial charge is 0.151 e. The van der Waals surface area contributed by atoms with E-state index in [4.69, 9.17) is 5.73 Å². The van der Waals surface area contributed by atoms with E-state index in [1.165, 1.54) is 11.8 Å². The molecule has 33 heavy (non-hydrogen) atoms. The van der Waals surface area contributed by atoms with Crippen LogP contribution in [0.5, 0.6) is 0 Å². The highest BCUT2D eigenvalue weighted by molar-refractivity contribution is 5.98. The van der Waals surface area contributed by atoms with Crippen molar-refractivity contribution in [2.75, 3.05) is 19.4 Å². The van der Waals surface area contributed by atoms with E-state index >= 15 is 0 Å². The zero-order valence-electron chi connectivity index (χ0n) is 20.0. The van der Waals surface area contributed by atoms with Crippen LogP contribution in [0.2, 0.25) is 0 Å². The normalized spacial score (nSPS) is 10.2. The van der Waals surface area contributed by atoms with Crippen LogP contribution in [-0.4, -0.2) is 41.2 Å². The van der Waals surface area contributed by atoms with E-state index < -0.39 is 5.82 Å². The lowest BCUT2D eigenvalue weighted by molar-refractivity contribution is 0.112. The molecule has 0 saturated heterocycles. The number of hydrogen-bond acceptors (Lipinski definition) is 7. The molecule has 0 aliphatic heterocycles. The number of amidine groups is 1. The number of aromatic nitrogens is 3. The fourth-order valence-electron chi connectivity index (χ4n) is 2.70. The second kappa shape index (κ2) is 14.2. The van der Waals surface area contributed by atoms with Gasteiger partial charge in [-0.15, -0.1) is 0 Å². The SMILES string of the molecule is CC.CCc1ccc(/C(N)=N/NC)cc1-c1cnc(NC)cn1.Cc1c(F)cncc1C=O. The number of benzene rings is 1. The summed E-state index contributed by atoms with van der Waals surface area (Å²) in [4.78, 5) is 22.4. The third-order valence-electron chi connectivity index (χ3n) is 4.52. The quantitative estimate of drug-likeness (QED) is 0.224. The Bertz CT molecular complexity index is 1050. The molecule has 3 rings (SSSR count). The summed E-state index contributed by atoms with van der Waals surface area (Å²) in [5.41, 5.74) is 13.2. The standard InChI is InChI=1S/C15H20N6.C7H6FNO.C2H6/c1-4-10-5-6-11(15(16)21-18-3)7-12(10)13-8-20-14(17-2)9-19-13;1-5-6(4-10)2-9-3-7(5)8;1-2/h5-9,18H,4H2,1-3H3,(H2,16,21)(H,17,20);2-4H,1H3;1-2H3. The largest absolute Gasteiger partial charge is 0.382 e. The monoisotopic (exact) mass is 453 g/mol. The molecule has 0 fully saturated rings. The molecule has 176 valence electrons. The maximum atomic E-state index is 12.5. The molecule has 2 aromatic heterocycles. The van der Waals surface area contributed by atoms with E-state index in [9.17, 15) is 9.18 Å². The predicted molar refractivity (Wildman–Crippen MR) is 132 cm³/mol. The number of nitrogens with zero attached hydrogens (tertiary/aromatic N) is 4. The number of nitrogens with two attached hydrogens (primary N) is 1. The number of carbonyl (C=O) groups is 1. The van der Waals surface area contributed by atoms with Crippen molar-refractivity contribution in [1.82, 2.24) is 20.4 Å². The van der Waals surface area contributed by atoms with Gasteiger partial charge in [0.25, 0.3) is 0 Å². The zero-order chi connectivity index (χ0) is 24.8. The van der Waals surface area contributed by atoms with E-state index in [1.807, 2.05) is 33.0 Å². The molecule has 9 heteroatoms. The number of halogens is 1. The predicted octanol–water partition coefficient (Wildman–Crippen LogP) is 3.96. The molecule has 8 nitrogen and oxygen atoms in total. The van der Waals surface area contributed by atoms with Crippen LogP contribution in [0.4, 0.5) is 10.2 Å². The van der Waals surface area contributed by atoms with Crippen LogP contribution < -0.4 is 16.5 Å². The zero-order valence-corrected chi connectivity index (χ0v) is 20.0. The van der Waals surface area contributed by atoms with Crippen LogP contribution >= 0.6 is 0 Å². The van der Waals surface area contributed by atoms with E-state index in [0.29, 0.717) is 23.2 Å². The number of anilines is 1. The van der Waals surface area contributed by atoms with E-state index in [-0.39, 0.29) is 0 Å². The van der Waals surface area contributed by atoms with Gasteiger partial charge in [-0.1, -0.05) is 32.9 Å². The molecule has 0 atom stereocenters. The minimum Gasteiger partial charge on any atom is -0.382 e. The third-order valence-corrected chi connectivity index (χ3v) is 4.52. The van der Waals surface area contributed by atoms with Crippen molar-refractivity contribution in [2.45, 2.75) is 34.1 Å². The lowest BCUT2D eigenvalue weighted by Crippen LogP contribution is -2.17. The Morgan fingerprint density at radius 1 is 1.15 bits per heavy atom. The van der Waals surface area contributed by atoms with Crippen molar-refractivity contribution in [1.29, 1.82) is 0 Å². The first kappa shape index (κ1) is 27.2. The van der Waals surface area contributed by atoms with Gasteiger partial charge >= 0.3 is 0 Å². The molecule has 4 N–H and O–H groups in total. The number of hydrogen-bond donors (Lipinski definition) is 3. The number of rotatable bonds is 6. The van der Waals surface area contributed by atoms with Crippen molar-refractivity contribution in [3.8, 4) is 11.3 Å². The molecule has 0 aliphatic carbocycles. The Morgan fingerprint density at radius 2 is 1.88 bits per heavy atom. The van der Waals surface area contributed by atoms with Crippen molar-refractivity contribution in [3.63, 3.8) is 0 Å². The Kier molecular flexibility index (Phi) is 11.7. The lowest BCUT2D eigenvalue weighted by atomic mass is 9.99. The molecule has 0 amide bonds. The van der Waals surface area contributed by atoms with Crippen molar-refractivity contribution in [2.24, 2.45) is 10.8 Å². The van der Waals surface area contributed by atoms with Gasteiger partial charge in [-0.3, -0.25) is 14.8 Å². The third kappa shape index (κ3) is 7.64. The van der Waals surface area contributed by atoms with Crippen molar-refractivity contribution < 1.29 is 9.18 Å². The Balaban J connectivity index is 0.000000380. The molecule has 0 bridgehead atoms. The van der Waals surface area contributed by atoms with Gasteiger partial charge in [0.05, 0.1) is 24.3 Å². The van der Waals surface area contributed by atoms with Crippen molar-refractivity contribution in [3.05, 3.63) is 71.1 Å². The highest BCUT2D eigenvalue weighted by Crippen LogP contribution is 2.24. The fraction of sp³-hybridized carbons (Fsp3) is 0.292. The first-order valence-electron chi connectivity index (χ1n) is 10.6. The van der Waals surface area contributed by atoms with Gasteiger partial charge < -0.3 is 16.5 Å². The number of carbonyl (C=O) groups excluding carboxylic acids is 1. The van der Waals surface area contributed by atoms with Gasteiger partial charge in [0, 0.05) is 37.0 Å². The minimum atomic E-state index is -0.440. The molecule has 3 aromatic rings. The molecule has 0 aliphatic rings. The molecule has 0 radical (unpaired) electrons. The molecule has 0 saturated carbocycles. The second-order valence-electron chi connectivity index (χ2n) is 6.44. The van der Waals surface area contributed by atoms with Gasteiger partial charge in [-0.25, -0.2) is 9.37 Å². The highest BCUT2D eigenvalue weighted by Gasteiger charge is 2.09. The van der Waals surface area contributed by atoms with Gasteiger partial charge in [0.2, 0.25) is 0 Å². The summed E-state index contributed by atoms with van der Waals surface area (Å²) < 4.78 is 12.5. The molecule has 0 unspecified atom stereocenters. The topological polar surface area (TPSA) is 118 Å². The van der Waals surface area contributed by atoms with Gasteiger partial charge in [0.1, 0.15) is 11.6 Å². The highest BCUT2D eigenvalue weighted by atomic mass is 19.1. The average molecular weight is 454 g/mol. The maximum Gasteiger partial charge on any atom is 0.151 e.